The van der Waals surface area contributed by atoms with E-state index in [1.165, 1.54) is 24.9 Å². The lowest BCUT2D eigenvalue weighted by molar-refractivity contribution is -0.138. The van der Waals surface area contributed by atoms with Crippen LogP contribution >= 0.6 is 0 Å². The molecule has 1 fully saturated rings. The molecular formula is C22H20F8N8O. The van der Waals surface area contributed by atoms with Crippen molar-refractivity contribution in [3.63, 3.8) is 0 Å². The number of nitrogens with one attached hydrogen (secondary N) is 1. The summed E-state index contributed by atoms with van der Waals surface area (Å²) in [5, 5.41) is 6.69. The lowest BCUT2D eigenvalue weighted by Crippen LogP contribution is -2.57. The Kier molecular flexibility index (Phi) is 7.20. The van der Waals surface area contributed by atoms with Crippen molar-refractivity contribution in [3.05, 3.63) is 47.8 Å². The van der Waals surface area contributed by atoms with Crippen LogP contribution in [0.5, 0.6) is 0 Å². The monoisotopic (exact) mass is 564 g/mol. The van der Waals surface area contributed by atoms with Gasteiger partial charge in [0.05, 0.1) is 29.3 Å². The van der Waals surface area contributed by atoms with Gasteiger partial charge in [0.25, 0.3) is 11.8 Å². The van der Waals surface area contributed by atoms with E-state index in [9.17, 15) is 39.9 Å². The second-order valence-electron chi connectivity index (χ2n) is 9.07. The van der Waals surface area contributed by atoms with Crippen LogP contribution in [0.15, 0.2) is 31.0 Å². The normalized spacial score (nSPS) is 19.7. The number of halogens is 8. The van der Waals surface area contributed by atoms with Crippen molar-refractivity contribution < 1.29 is 39.9 Å². The number of carbonyl (C=O) groups excluding carboxylic acids is 1. The summed E-state index contributed by atoms with van der Waals surface area (Å²) in [4.78, 5) is 28.9. The van der Waals surface area contributed by atoms with Crippen molar-refractivity contribution in [3.8, 4) is 11.4 Å². The molecular weight excluding hydrogens is 544 g/mol. The summed E-state index contributed by atoms with van der Waals surface area (Å²) in [7, 11) is 1.42. The molecule has 4 heterocycles. The van der Waals surface area contributed by atoms with Crippen LogP contribution in [0.3, 0.4) is 0 Å². The van der Waals surface area contributed by atoms with Gasteiger partial charge in [-0.05, 0) is 5.92 Å². The molecule has 39 heavy (non-hydrogen) atoms. The Labute approximate surface area is 215 Å². The SMILES string of the molecule is C[C@@H]1CC(F)(F)CN(C(=O)c2nn(C)cc2-c2ncc(C(F)(F)F)cn2)C1CNc1ncc(C(F)(F)F)cn1. The van der Waals surface area contributed by atoms with E-state index >= 15 is 0 Å². The summed E-state index contributed by atoms with van der Waals surface area (Å²) < 4.78 is 107. The number of amides is 1. The fourth-order valence-electron chi connectivity index (χ4n) is 4.20. The maximum absolute atomic E-state index is 14.6. The maximum Gasteiger partial charge on any atom is 0.419 e. The van der Waals surface area contributed by atoms with Gasteiger partial charge >= 0.3 is 12.4 Å². The maximum atomic E-state index is 14.6. The molecule has 1 amide bonds. The Bertz CT molecular complexity index is 1320. The minimum Gasteiger partial charge on any atom is -0.352 e. The highest BCUT2D eigenvalue weighted by atomic mass is 19.4. The molecule has 0 aromatic carbocycles. The van der Waals surface area contributed by atoms with Crippen LogP contribution in [0.4, 0.5) is 41.1 Å². The van der Waals surface area contributed by atoms with Crippen molar-refractivity contribution >= 4 is 11.9 Å². The van der Waals surface area contributed by atoms with Gasteiger partial charge in [-0.3, -0.25) is 9.48 Å². The zero-order valence-electron chi connectivity index (χ0n) is 20.2. The van der Waals surface area contributed by atoms with Crippen molar-refractivity contribution in [1.29, 1.82) is 0 Å². The first-order valence-electron chi connectivity index (χ1n) is 11.3. The molecule has 4 rings (SSSR count). The first-order valence-corrected chi connectivity index (χ1v) is 11.3. The molecule has 3 aromatic heterocycles. The highest BCUT2D eigenvalue weighted by molar-refractivity contribution is 5.98. The summed E-state index contributed by atoms with van der Waals surface area (Å²) in [6.45, 7) is 0.291. The highest BCUT2D eigenvalue weighted by Crippen LogP contribution is 2.36. The third-order valence-electron chi connectivity index (χ3n) is 6.04. The minimum atomic E-state index is -4.70. The topological polar surface area (TPSA) is 102 Å². The van der Waals surface area contributed by atoms with E-state index < -0.39 is 60.2 Å². The number of nitrogens with zero attached hydrogens (tertiary/aromatic N) is 7. The van der Waals surface area contributed by atoms with E-state index in [1.54, 1.807) is 0 Å². The van der Waals surface area contributed by atoms with E-state index in [1.807, 2.05) is 0 Å². The van der Waals surface area contributed by atoms with Crippen molar-refractivity contribution in [1.82, 2.24) is 34.6 Å². The van der Waals surface area contributed by atoms with Crippen LogP contribution in [0.2, 0.25) is 0 Å². The molecule has 0 aliphatic carbocycles. The molecule has 0 saturated carbocycles. The highest BCUT2D eigenvalue weighted by Gasteiger charge is 2.47. The van der Waals surface area contributed by atoms with Gasteiger partial charge in [-0.2, -0.15) is 31.4 Å². The molecule has 1 unspecified atom stereocenters. The molecule has 1 saturated heterocycles. The standard InChI is InChI=1S/C22H20F8N8O/c1-11-3-20(23,24)10-38(15(11)8-35-19-33-6-13(7-34-19)22(28,29)30)18(39)16-14(9-37(2)36-16)17-31-4-12(5-32-17)21(25,26)27/h4-7,9,11,15H,3,8,10H2,1-2H3,(H,33,34,35)/t11-,15?/m1/s1. The number of likely N-dealkylation sites (tertiary alicyclic amines) is 1. The van der Waals surface area contributed by atoms with Crippen LogP contribution in [-0.2, 0) is 19.4 Å². The average molecular weight is 564 g/mol. The Morgan fingerprint density at radius 3 is 2.08 bits per heavy atom. The van der Waals surface area contributed by atoms with Gasteiger partial charge in [0.2, 0.25) is 5.95 Å². The van der Waals surface area contributed by atoms with Gasteiger partial charge < -0.3 is 10.2 Å². The summed E-state index contributed by atoms with van der Waals surface area (Å²) in [5.41, 5.74) is -2.64. The van der Waals surface area contributed by atoms with Gasteiger partial charge in [-0.1, -0.05) is 6.92 Å². The predicted molar refractivity (Wildman–Crippen MR) is 118 cm³/mol. The van der Waals surface area contributed by atoms with E-state index in [2.05, 4.69) is 30.4 Å². The lowest BCUT2D eigenvalue weighted by Gasteiger charge is -2.43. The number of anilines is 1. The van der Waals surface area contributed by atoms with Crippen LogP contribution in [-0.4, -0.2) is 65.6 Å². The summed E-state index contributed by atoms with van der Waals surface area (Å²) in [6, 6.07) is -0.897. The van der Waals surface area contributed by atoms with Crippen LogP contribution in [0.1, 0.15) is 35.0 Å². The van der Waals surface area contributed by atoms with Gasteiger partial charge in [0.15, 0.2) is 11.5 Å². The number of hydrogen-bond donors (Lipinski definition) is 1. The Hall–Kier alpha value is -3.92. The van der Waals surface area contributed by atoms with E-state index in [0.717, 1.165) is 4.90 Å². The Morgan fingerprint density at radius 1 is 1.00 bits per heavy atom. The van der Waals surface area contributed by atoms with E-state index in [-0.39, 0.29) is 29.6 Å². The van der Waals surface area contributed by atoms with Crippen LogP contribution < -0.4 is 5.32 Å². The van der Waals surface area contributed by atoms with Crippen LogP contribution in [0, 0.1) is 5.92 Å². The second-order valence-corrected chi connectivity index (χ2v) is 9.07. The number of rotatable bonds is 5. The lowest BCUT2D eigenvalue weighted by atomic mass is 9.88. The smallest absolute Gasteiger partial charge is 0.352 e. The number of carbonyl (C=O) groups is 1. The van der Waals surface area contributed by atoms with Crippen molar-refractivity contribution in [2.24, 2.45) is 13.0 Å². The molecule has 1 N–H and O–H groups in total. The van der Waals surface area contributed by atoms with Crippen molar-refractivity contribution in [2.75, 3.05) is 18.4 Å². The summed E-state index contributed by atoms with van der Waals surface area (Å²) in [6.07, 6.45) is -6.49. The Morgan fingerprint density at radius 2 is 1.54 bits per heavy atom. The fraction of sp³-hybridized carbons (Fsp3) is 0.455. The first-order chi connectivity index (χ1) is 18.0. The molecule has 1 aliphatic heterocycles. The van der Waals surface area contributed by atoms with Crippen molar-refractivity contribution in [2.45, 2.75) is 37.7 Å². The number of aryl methyl sites for hydroxylation is 1. The van der Waals surface area contributed by atoms with Gasteiger partial charge in [0, 0.05) is 51.0 Å². The molecule has 3 aromatic rings. The zero-order valence-corrected chi connectivity index (χ0v) is 20.2. The third kappa shape index (κ3) is 6.22. The summed E-state index contributed by atoms with van der Waals surface area (Å²) >= 11 is 0. The third-order valence-corrected chi connectivity index (χ3v) is 6.04. The predicted octanol–water partition coefficient (Wildman–Crippen LogP) is 4.30. The van der Waals surface area contributed by atoms with E-state index in [4.69, 9.17) is 0 Å². The molecule has 17 heteroatoms. The minimum absolute atomic E-state index is 0.0736. The van der Waals surface area contributed by atoms with Gasteiger partial charge in [-0.15, -0.1) is 0 Å². The van der Waals surface area contributed by atoms with E-state index in [0.29, 0.717) is 24.8 Å². The van der Waals surface area contributed by atoms with Gasteiger partial charge in [-0.25, -0.2) is 28.7 Å². The first kappa shape index (κ1) is 28.1. The average Bonchev–Trinajstić information content (AvgIpc) is 3.23. The molecule has 1 aliphatic rings. The fourth-order valence-corrected chi connectivity index (χ4v) is 4.20. The summed E-state index contributed by atoms with van der Waals surface area (Å²) in [5.74, 6) is -5.49. The quantitative estimate of drug-likeness (QED) is 0.461. The number of piperidine rings is 1. The van der Waals surface area contributed by atoms with Gasteiger partial charge in [0.1, 0.15) is 0 Å². The number of hydrogen-bond acceptors (Lipinski definition) is 7. The number of alkyl halides is 8. The van der Waals surface area contributed by atoms with Crippen LogP contribution in [0.25, 0.3) is 11.4 Å². The largest absolute Gasteiger partial charge is 0.419 e. The Balaban J connectivity index is 1.61. The molecule has 0 radical (unpaired) electrons. The molecule has 210 valence electrons. The molecule has 9 nitrogen and oxygen atoms in total. The second kappa shape index (κ2) is 10.00. The molecule has 0 bridgehead atoms. The number of aromatic nitrogens is 6. The zero-order chi connectivity index (χ0) is 28.8. The molecule has 2 atom stereocenters. The molecule has 0 spiro atoms.